The van der Waals surface area contributed by atoms with Gasteiger partial charge in [-0.25, -0.2) is 0 Å². The number of likely N-dealkylation sites (tertiary alicyclic amines) is 1. The van der Waals surface area contributed by atoms with Crippen LogP contribution in [-0.2, 0) is 28.8 Å². The molecule has 2 saturated carbocycles. The van der Waals surface area contributed by atoms with E-state index in [0.29, 0.717) is 51.1 Å². The normalized spacial score (nSPS) is 21.2. The summed E-state index contributed by atoms with van der Waals surface area (Å²) in [4.78, 5) is 83.3. The summed E-state index contributed by atoms with van der Waals surface area (Å²) in [5, 5.41) is 2.88. The van der Waals surface area contributed by atoms with Gasteiger partial charge in [0, 0.05) is 57.0 Å². The number of nitrogens with one attached hydrogen (secondary N) is 1. The lowest BCUT2D eigenvalue weighted by Crippen LogP contribution is -2.51. The molecule has 0 bridgehead atoms. The Morgan fingerprint density at radius 1 is 0.730 bits per heavy atom. The Bertz CT molecular complexity index is 1710. The molecule has 8 nitrogen and oxygen atoms in total. The van der Waals surface area contributed by atoms with E-state index >= 15 is 0 Å². The molecule has 5 atom stereocenters. The van der Waals surface area contributed by atoms with Crippen molar-refractivity contribution in [2.24, 2.45) is 45.8 Å². The molecular weight excluding hydrogens is 785 g/mol. The van der Waals surface area contributed by atoms with Gasteiger partial charge in [-0.3, -0.25) is 28.8 Å². The second-order valence-electron chi connectivity index (χ2n) is 21.4. The zero-order chi connectivity index (χ0) is 46.6. The van der Waals surface area contributed by atoms with Crippen LogP contribution in [0, 0.1) is 45.8 Å². The molecule has 8 heteroatoms. The number of ketones is 4. The molecule has 0 aromatic carbocycles. The van der Waals surface area contributed by atoms with Gasteiger partial charge in [-0.1, -0.05) is 154 Å². The van der Waals surface area contributed by atoms with Crippen molar-refractivity contribution in [3.05, 3.63) is 72.9 Å². The van der Waals surface area contributed by atoms with Crippen LogP contribution in [0.5, 0.6) is 0 Å². The average molecular weight is 869 g/mol. The smallest absolute Gasteiger partial charge is 0.227 e. The summed E-state index contributed by atoms with van der Waals surface area (Å²) in [6, 6.07) is -0.657. The molecule has 0 aromatic rings. The van der Waals surface area contributed by atoms with Crippen LogP contribution in [0.4, 0.5) is 0 Å². The van der Waals surface area contributed by atoms with Crippen molar-refractivity contribution in [2.75, 3.05) is 13.1 Å². The number of hydrogen-bond donors (Lipinski definition) is 1. The molecule has 63 heavy (non-hydrogen) atoms. The van der Waals surface area contributed by atoms with Crippen molar-refractivity contribution < 1.29 is 28.8 Å². The van der Waals surface area contributed by atoms with Crippen molar-refractivity contribution in [2.45, 2.75) is 178 Å². The lowest BCUT2D eigenvalue weighted by Gasteiger charge is -2.38. The lowest BCUT2D eigenvalue weighted by molar-refractivity contribution is -0.148. The maximum absolute atomic E-state index is 14.4. The topological polar surface area (TPSA) is 118 Å². The summed E-state index contributed by atoms with van der Waals surface area (Å²) in [7, 11) is 0. The zero-order valence-electron chi connectivity index (χ0n) is 40.7. The van der Waals surface area contributed by atoms with Gasteiger partial charge in [0.1, 0.15) is 5.78 Å². The predicted molar refractivity (Wildman–Crippen MR) is 258 cm³/mol. The Labute approximate surface area is 382 Å². The van der Waals surface area contributed by atoms with E-state index < -0.39 is 34.9 Å². The fraction of sp³-hybridized carbons (Fsp3) is 0.673. The van der Waals surface area contributed by atoms with E-state index in [2.05, 4.69) is 92.9 Å². The van der Waals surface area contributed by atoms with Crippen LogP contribution in [0.1, 0.15) is 171 Å². The molecule has 1 saturated heterocycles. The van der Waals surface area contributed by atoms with Crippen LogP contribution in [-0.4, -0.2) is 59.0 Å². The van der Waals surface area contributed by atoms with E-state index in [4.69, 9.17) is 0 Å². The molecule has 2 aliphatic carbocycles. The van der Waals surface area contributed by atoms with Crippen molar-refractivity contribution in [3.8, 4) is 0 Å². The molecule has 0 spiro atoms. The number of carbonyl (C=O) groups excluding carboxylic acids is 6. The minimum absolute atomic E-state index is 0.00186. The molecule has 350 valence electrons. The predicted octanol–water partition coefficient (Wildman–Crippen LogP) is 11.8. The van der Waals surface area contributed by atoms with E-state index in [1.165, 1.54) is 0 Å². The molecule has 1 N–H and O–H groups in total. The van der Waals surface area contributed by atoms with Crippen molar-refractivity contribution in [3.63, 3.8) is 0 Å². The van der Waals surface area contributed by atoms with Crippen molar-refractivity contribution in [1.82, 2.24) is 10.2 Å². The third-order valence-corrected chi connectivity index (χ3v) is 13.3. The molecule has 0 radical (unpaired) electrons. The molecule has 3 rings (SSSR count). The molecule has 3 fully saturated rings. The Kier molecular flexibility index (Phi) is 22.1. The van der Waals surface area contributed by atoms with Gasteiger partial charge in [-0.05, 0) is 91.8 Å². The number of carbonyl (C=O) groups is 6. The van der Waals surface area contributed by atoms with E-state index in [1.807, 2.05) is 47.6 Å². The van der Waals surface area contributed by atoms with Gasteiger partial charge in [0.2, 0.25) is 17.6 Å². The number of amides is 2. The number of allylic oxidation sites excluding steroid dienone is 12. The first kappa shape index (κ1) is 53.4. The van der Waals surface area contributed by atoms with Crippen LogP contribution in [0.3, 0.4) is 0 Å². The summed E-state index contributed by atoms with van der Waals surface area (Å²) in [6.07, 6.45) is 36.9. The first-order valence-corrected chi connectivity index (χ1v) is 24.4. The maximum atomic E-state index is 14.4. The first-order valence-electron chi connectivity index (χ1n) is 24.4. The molecule has 4 unspecified atom stereocenters. The molecule has 1 heterocycles. The van der Waals surface area contributed by atoms with Crippen LogP contribution in [0.2, 0.25) is 0 Å². The number of fused-ring (bicyclic) bond motifs is 1. The van der Waals surface area contributed by atoms with Crippen molar-refractivity contribution >= 4 is 34.9 Å². The van der Waals surface area contributed by atoms with Gasteiger partial charge in [0.15, 0.2) is 11.6 Å². The van der Waals surface area contributed by atoms with Gasteiger partial charge in [-0.15, -0.1) is 0 Å². The minimum Gasteiger partial charge on any atom is -0.356 e. The highest BCUT2D eigenvalue weighted by Crippen LogP contribution is 2.65. The van der Waals surface area contributed by atoms with Gasteiger partial charge in [0.05, 0.1) is 6.04 Å². The number of piperidine rings is 1. The van der Waals surface area contributed by atoms with Crippen molar-refractivity contribution in [1.29, 1.82) is 0 Å². The number of rotatable bonds is 29. The highest BCUT2D eigenvalue weighted by Gasteiger charge is 2.69. The van der Waals surface area contributed by atoms with Crippen LogP contribution in [0.15, 0.2) is 72.9 Å². The Morgan fingerprint density at radius 3 is 1.76 bits per heavy atom. The Balaban J connectivity index is 1.43. The summed E-state index contributed by atoms with van der Waals surface area (Å²) < 4.78 is 0. The van der Waals surface area contributed by atoms with Gasteiger partial charge in [0.25, 0.3) is 0 Å². The van der Waals surface area contributed by atoms with E-state index in [0.717, 1.165) is 57.8 Å². The summed E-state index contributed by atoms with van der Waals surface area (Å²) >= 11 is 0. The molecular formula is C55H84N2O6. The third-order valence-electron chi connectivity index (χ3n) is 13.3. The summed E-state index contributed by atoms with van der Waals surface area (Å²) in [6.45, 7) is 19.2. The molecule has 1 aliphatic heterocycles. The lowest BCUT2D eigenvalue weighted by atomic mass is 9.74. The highest BCUT2D eigenvalue weighted by molar-refractivity contribution is 6.38. The first-order chi connectivity index (χ1) is 29.8. The van der Waals surface area contributed by atoms with Gasteiger partial charge >= 0.3 is 0 Å². The fourth-order valence-corrected chi connectivity index (χ4v) is 9.29. The number of hydrogen-bond acceptors (Lipinski definition) is 6. The van der Waals surface area contributed by atoms with E-state index in [1.54, 1.807) is 4.90 Å². The maximum Gasteiger partial charge on any atom is 0.227 e. The second-order valence-corrected chi connectivity index (χ2v) is 21.4. The second kappa shape index (κ2) is 26.1. The SMILES string of the molecule is CC/C=C\C/C=C\C/C=C\C/C=C\C/C=C\C/C=C\CCC(=O)NCCCC(=O)C(=O)C(CC(=O)[C@@H]1C2C(CN1C(=O)C(CC(=O)CC(C)(C)C)C(C)(C)C)C2(C)C)CC1CCC1. The zero-order valence-corrected chi connectivity index (χ0v) is 40.7. The minimum atomic E-state index is -0.712. The van der Waals surface area contributed by atoms with Crippen LogP contribution in [0.25, 0.3) is 0 Å². The Hall–Kier alpha value is -3.94. The average Bonchev–Trinajstić information content (AvgIpc) is 3.48. The molecule has 0 aromatic heterocycles. The molecule has 2 amide bonds. The Morgan fingerprint density at radius 2 is 1.27 bits per heavy atom. The quantitative estimate of drug-likeness (QED) is 0.0454. The van der Waals surface area contributed by atoms with Crippen LogP contribution >= 0.6 is 0 Å². The van der Waals surface area contributed by atoms with Gasteiger partial charge < -0.3 is 10.2 Å². The monoisotopic (exact) mass is 869 g/mol. The summed E-state index contributed by atoms with van der Waals surface area (Å²) in [5.74, 6) is -2.10. The highest BCUT2D eigenvalue weighted by atomic mass is 16.2. The largest absolute Gasteiger partial charge is 0.356 e. The van der Waals surface area contributed by atoms with E-state index in [-0.39, 0.29) is 65.3 Å². The molecule has 3 aliphatic rings. The third kappa shape index (κ3) is 18.6. The number of nitrogens with zero attached hydrogens (tertiary/aromatic N) is 1. The van der Waals surface area contributed by atoms with Gasteiger partial charge in [-0.2, -0.15) is 0 Å². The number of Topliss-reactive ketones (excluding diaryl/α,β-unsaturated/α-hetero) is 4. The van der Waals surface area contributed by atoms with E-state index in [9.17, 15) is 28.8 Å². The fourth-order valence-electron chi connectivity index (χ4n) is 9.29. The summed E-state index contributed by atoms with van der Waals surface area (Å²) in [5.41, 5.74) is -0.772. The standard InChI is InChI=1S/C55H84N2O6/c1-10-11-12-13-14-15-16-17-18-19-20-21-22-23-24-25-26-27-28-34-48(61)56-35-30-33-46(59)51(62)42(36-41-31-29-32-41)37-47(60)50-49-45(55(49,8)9)40-57(50)52(63)44(54(5,6)7)38-43(58)39-53(2,3)4/h11-12,14-15,17-18,20-21,23-24,26-27,41-42,44-45,49-50H,10,13,16,19,22,25,28-40H2,1-9H3,(H,56,61)/b12-11-,15-14-,18-17-,21-20-,24-23-,27-26-/t42?,44?,45?,49?,50-/m1/s1. The van der Waals surface area contributed by atoms with Crippen LogP contribution < -0.4 is 5.32 Å².